The van der Waals surface area contributed by atoms with Crippen molar-refractivity contribution < 1.29 is 33.0 Å². The first-order valence-corrected chi connectivity index (χ1v) is 9.75. The first-order valence-electron chi connectivity index (χ1n) is 8.15. The standard InChI is InChI=1S/C18H16N2O7S/c1-10-9-28(26,27)20(17(10)23)13-5-2-11(3-6-13)16(22)19-12-4-7-14(18(24)25)15(21)8-12/h2-8,10,21H,9H2,1H3,(H,19,22)(H,24,25)/t10-/m0/s1. The van der Waals surface area contributed by atoms with Crippen molar-refractivity contribution >= 4 is 39.2 Å². The molecule has 146 valence electrons. The molecule has 0 bridgehead atoms. The largest absolute Gasteiger partial charge is 0.507 e. The molecule has 0 radical (unpaired) electrons. The van der Waals surface area contributed by atoms with Crippen molar-refractivity contribution in [3.63, 3.8) is 0 Å². The third-order valence-electron chi connectivity index (χ3n) is 4.21. The first-order chi connectivity index (χ1) is 13.1. The number of hydrogen-bond acceptors (Lipinski definition) is 6. The molecule has 0 aliphatic carbocycles. The number of benzene rings is 2. The first kappa shape index (κ1) is 19.4. The molecule has 0 aromatic heterocycles. The van der Waals surface area contributed by atoms with Crippen LogP contribution in [0, 0.1) is 5.92 Å². The molecule has 28 heavy (non-hydrogen) atoms. The van der Waals surface area contributed by atoms with Crippen molar-refractivity contribution in [2.45, 2.75) is 6.92 Å². The molecule has 2 amide bonds. The Balaban J connectivity index is 1.78. The Morgan fingerprint density at radius 2 is 1.79 bits per heavy atom. The lowest BCUT2D eigenvalue weighted by Crippen LogP contribution is -2.30. The second-order valence-electron chi connectivity index (χ2n) is 6.32. The highest BCUT2D eigenvalue weighted by atomic mass is 32.2. The number of nitrogens with zero attached hydrogens (tertiary/aromatic N) is 1. The number of aromatic carboxylic acids is 1. The molecule has 1 atom stereocenters. The zero-order valence-electron chi connectivity index (χ0n) is 14.6. The number of carboxylic acids is 1. The zero-order valence-corrected chi connectivity index (χ0v) is 15.4. The maximum Gasteiger partial charge on any atom is 0.339 e. The molecule has 1 saturated heterocycles. The lowest BCUT2D eigenvalue weighted by atomic mass is 10.1. The Morgan fingerprint density at radius 1 is 1.14 bits per heavy atom. The van der Waals surface area contributed by atoms with Crippen LogP contribution in [0.4, 0.5) is 11.4 Å². The van der Waals surface area contributed by atoms with Gasteiger partial charge in [0.2, 0.25) is 15.9 Å². The second kappa shape index (κ2) is 6.97. The smallest absolute Gasteiger partial charge is 0.339 e. The average Bonchev–Trinajstić information content (AvgIpc) is 2.82. The number of nitrogens with one attached hydrogen (secondary N) is 1. The van der Waals surface area contributed by atoms with Gasteiger partial charge in [0.05, 0.1) is 17.4 Å². The average molecular weight is 404 g/mol. The molecular weight excluding hydrogens is 388 g/mol. The fourth-order valence-corrected chi connectivity index (χ4v) is 4.65. The van der Waals surface area contributed by atoms with E-state index >= 15 is 0 Å². The molecule has 1 heterocycles. The van der Waals surface area contributed by atoms with E-state index in [-0.39, 0.29) is 28.3 Å². The summed E-state index contributed by atoms with van der Waals surface area (Å²) in [6, 6.07) is 9.02. The van der Waals surface area contributed by atoms with Crippen LogP contribution in [0.25, 0.3) is 0 Å². The van der Waals surface area contributed by atoms with E-state index in [9.17, 15) is 27.9 Å². The number of anilines is 2. The Morgan fingerprint density at radius 3 is 2.29 bits per heavy atom. The molecular formula is C18H16N2O7S. The van der Waals surface area contributed by atoms with Crippen LogP contribution in [-0.4, -0.2) is 42.2 Å². The highest BCUT2D eigenvalue weighted by Crippen LogP contribution is 2.28. The summed E-state index contributed by atoms with van der Waals surface area (Å²) in [6.45, 7) is 1.53. The van der Waals surface area contributed by atoms with Gasteiger partial charge in [-0.15, -0.1) is 0 Å². The molecule has 10 heteroatoms. The van der Waals surface area contributed by atoms with Gasteiger partial charge in [0, 0.05) is 17.3 Å². The minimum Gasteiger partial charge on any atom is -0.507 e. The quantitative estimate of drug-likeness (QED) is 0.703. The van der Waals surface area contributed by atoms with Gasteiger partial charge in [-0.1, -0.05) is 6.92 Å². The Hall–Kier alpha value is -3.40. The highest BCUT2D eigenvalue weighted by molar-refractivity contribution is 7.94. The van der Waals surface area contributed by atoms with Gasteiger partial charge < -0.3 is 15.5 Å². The van der Waals surface area contributed by atoms with Gasteiger partial charge in [-0.2, -0.15) is 0 Å². The molecule has 1 aliphatic rings. The van der Waals surface area contributed by atoms with Crippen LogP contribution in [0.3, 0.4) is 0 Å². The summed E-state index contributed by atoms with van der Waals surface area (Å²) in [7, 11) is -3.73. The normalized spacial score (nSPS) is 18.1. The number of carboxylic acid groups (broad SMARTS) is 1. The van der Waals surface area contributed by atoms with Crippen molar-refractivity contribution in [3.05, 3.63) is 53.6 Å². The number of carbonyl (C=O) groups is 3. The maximum absolute atomic E-state index is 12.3. The monoisotopic (exact) mass is 404 g/mol. The molecule has 2 aromatic carbocycles. The van der Waals surface area contributed by atoms with E-state index in [1.165, 1.54) is 37.3 Å². The van der Waals surface area contributed by atoms with Crippen molar-refractivity contribution in [3.8, 4) is 5.75 Å². The van der Waals surface area contributed by atoms with Crippen LogP contribution in [0.1, 0.15) is 27.6 Å². The van der Waals surface area contributed by atoms with Crippen LogP contribution in [0.2, 0.25) is 0 Å². The van der Waals surface area contributed by atoms with Crippen LogP contribution in [0.5, 0.6) is 5.75 Å². The number of amides is 2. The lowest BCUT2D eigenvalue weighted by Gasteiger charge is -2.15. The predicted octanol–water partition coefficient (Wildman–Crippen LogP) is 1.66. The molecule has 0 unspecified atom stereocenters. The summed E-state index contributed by atoms with van der Waals surface area (Å²) >= 11 is 0. The molecule has 1 aliphatic heterocycles. The van der Waals surface area contributed by atoms with Crippen molar-refractivity contribution in [2.24, 2.45) is 5.92 Å². The van der Waals surface area contributed by atoms with Gasteiger partial charge in [0.15, 0.2) is 0 Å². The van der Waals surface area contributed by atoms with Gasteiger partial charge in [-0.05, 0) is 36.4 Å². The van der Waals surface area contributed by atoms with E-state index in [0.29, 0.717) is 0 Å². The van der Waals surface area contributed by atoms with Crippen LogP contribution >= 0.6 is 0 Å². The summed E-state index contributed by atoms with van der Waals surface area (Å²) in [5.41, 5.74) is 0.216. The van der Waals surface area contributed by atoms with Gasteiger partial charge in [0.25, 0.3) is 5.91 Å². The number of carbonyl (C=O) groups excluding carboxylic acids is 2. The number of phenols is 1. The fraction of sp³-hybridized carbons (Fsp3) is 0.167. The maximum atomic E-state index is 12.3. The van der Waals surface area contributed by atoms with Gasteiger partial charge in [-0.25, -0.2) is 17.5 Å². The van der Waals surface area contributed by atoms with E-state index in [1.54, 1.807) is 0 Å². The topological polar surface area (TPSA) is 141 Å². The van der Waals surface area contributed by atoms with E-state index in [1.807, 2.05) is 0 Å². The Labute approximate surface area is 160 Å². The second-order valence-corrected chi connectivity index (χ2v) is 8.18. The molecule has 0 saturated carbocycles. The summed E-state index contributed by atoms with van der Waals surface area (Å²) < 4.78 is 25.0. The molecule has 3 N–H and O–H groups in total. The van der Waals surface area contributed by atoms with E-state index < -0.39 is 39.5 Å². The number of rotatable bonds is 4. The Kier molecular flexibility index (Phi) is 4.82. The number of hydrogen-bond donors (Lipinski definition) is 3. The lowest BCUT2D eigenvalue weighted by molar-refractivity contribution is -0.119. The van der Waals surface area contributed by atoms with E-state index in [4.69, 9.17) is 5.11 Å². The van der Waals surface area contributed by atoms with Crippen LogP contribution in [0.15, 0.2) is 42.5 Å². The summed E-state index contributed by atoms with van der Waals surface area (Å²) in [4.78, 5) is 35.3. The van der Waals surface area contributed by atoms with Crippen LogP contribution in [-0.2, 0) is 14.8 Å². The summed E-state index contributed by atoms with van der Waals surface area (Å²) in [5, 5.41) is 21.1. The van der Waals surface area contributed by atoms with Gasteiger partial charge in [-0.3, -0.25) is 9.59 Å². The molecule has 3 rings (SSSR count). The zero-order chi connectivity index (χ0) is 20.6. The Bertz CT molecular complexity index is 1080. The van der Waals surface area contributed by atoms with Crippen molar-refractivity contribution in [2.75, 3.05) is 15.4 Å². The van der Waals surface area contributed by atoms with Gasteiger partial charge in [0.1, 0.15) is 11.3 Å². The minimum atomic E-state index is -3.73. The predicted molar refractivity (Wildman–Crippen MR) is 99.9 cm³/mol. The SMILES string of the molecule is C[C@H]1CS(=O)(=O)N(c2ccc(C(=O)Nc3ccc(C(=O)O)c(O)c3)cc2)C1=O. The third kappa shape index (κ3) is 3.54. The number of sulfonamides is 1. The number of aromatic hydroxyl groups is 1. The van der Waals surface area contributed by atoms with Gasteiger partial charge >= 0.3 is 5.97 Å². The molecule has 9 nitrogen and oxygen atoms in total. The molecule has 2 aromatic rings. The van der Waals surface area contributed by atoms with E-state index in [0.717, 1.165) is 16.4 Å². The summed E-state index contributed by atoms with van der Waals surface area (Å²) in [5.74, 6) is -3.76. The van der Waals surface area contributed by atoms with E-state index in [2.05, 4.69) is 5.32 Å². The van der Waals surface area contributed by atoms with Crippen LogP contribution < -0.4 is 9.62 Å². The summed E-state index contributed by atoms with van der Waals surface area (Å²) in [6.07, 6.45) is 0. The minimum absolute atomic E-state index is 0.148. The molecule has 1 fully saturated rings. The highest BCUT2D eigenvalue weighted by Gasteiger charge is 2.41. The van der Waals surface area contributed by atoms with Crippen molar-refractivity contribution in [1.82, 2.24) is 0 Å². The fourth-order valence-electron chi connectivity index (χ4n) is 2.83. The van der Waals surface area contributed by atoms with Crippen molar-refractivity contribution in [1.29, 1.82) is 0 Å². The molecule has 0 spiro atoms. The third-order valence-corrected chi connectivity index (χ3v) is 6.08.